The minimum absolute atomic E-state index is 0.329. The van der Waals surface area contributed by atoms with Crippen LogP contribution in [0.15, 0.2) is 30.3 Å². The molecular weight excluding hydrogens is 304 g/mol. The number of rotatable bonds is 7. The molecule has 19 heavy (non-hydrogen) atoms. The molecule has 1 saturated heterocycles. The topological polar surface area (TPSA) is 18.5 Å². The number of hydrogen-bond acceptors (Lipinski definition) is 2. The number of ether oxygens (including phenoxy) is 2. The molecule has 2 atom stereocenters. The molecule has 106 valence electrons. The molecule has 0 bridgehead atoms. The first-order valence-electron chi connectivity index (χ1n) is 6.99. The van der Waals surface area contributed by atoms with Crippen LogP contribution in [-0.2, 0) is 16.1 Å². The van der Waals surface area contributed by atoms with Gasteiger partial charge in [0.2, 0.25) is 0 Å². The lowest BCUT2D eigenvalue weighted by molar-refractivity contribution is 0.0700. The van der Waals surface area contributed by atoms with Gasteiger partial charge in [0.05, 0.1) is 13.2 Å². The van der Waals surface area contributed by atoms with Gasteiger partial charge in [-0.2, -0.15) is 0 Å². The Morgan fingerprint density at radius 1 is 1.37 bits per heavy atom. The van der Waals surface area contributed by atoms with Crippen LogP contribution in [0.25, 0.3) is 0 Å². The second kappa shape index (κ2) is 7.41. The third kappa shape index (κ3) is 4.59. The predicted molar refractivity (Wildman–Crippen MR) is 81.5 cm³/mol. The maximum Gasteiger partial charge on any atom is 0.0717 e. The number of alkyl halides is 1. The SMILES string of the molecule is CC(COCc1ccccc1)CC1(CBr)CCOC1. The van der Waals surface area contributed by atoms with Crippen LogP contribution < -0.4 is 0 Å². The van der Waals surface area contributed by atoms with Crippen molar-refractivity contribution < 1.29 is 9.47 Å². The molecule has 1 heterocycles. The van der Waals surface area contributed by atoms with Crippen LogP contribution in [0.2, 0.25) is 0 Å². The van der Waals surface area contributed by atoms with E-state index >= 15 is 0 Å². The fourth-order valence-electron chi connectivity index (χ4n) is 2.72. The van der Waals surface area contributed by atoms with Crippen molar-refractivity contribution in [2.24, 2.45) is 11.3 Å². The molecule has 1 aromatic carbocycles. The van der Waals surface area contributed by atoms with Gasteiger partial charge in [-0.1, -0.05) is 53.2 Å². The van der Waals surface area contributed by atoms with Crippen LogP contribution in [0.4, 0.5) is 0 Å². The first-order valence-corrected chi connectivity index (χ1v) is 8.12. The summed E-state index contributed by atoms with van der Waals surface area (Å²) in [7, 11) is 0. The Morgan fingerprint density at radius 3 is 2.79 bits per heavy atom. The van der Waals surface area contributed by atoms with Gasteiger partial charge in [0, 0.05) is 24.0 Å². The summed E-state index contributed by atoms with van der Waals surface area (Å²) in [6, 6.07) is 10.4. The normalized spacial score (nSPS) is 24.5. The van der Waals surface area contributed by atoms with E-state index < -0.39 is 0 Å². The Morgan fingerprint density at radius 2 is 2.16 bits per heavy atom. The maximum atomic E-state index is 5.83. The van der Waals surface area contributed by atoms with E-state index in [1.807, 2.05) is 6.07 Å². The van der Waals surface area contributed by atoms with Crippen LogP contribution in [0, 0.1) is 11.3 Å². The van der Waals surface area contributed by atoms with E-state index in [1.54, 1.807) is 0 Å². The number of halogens is 1. The van der Waals surface area contributed by atoms with Gasteiger partial charge >= 0.3 is 0 Å². The molecule has 2 nitrogen and oxygen atoms in total. The fraction of sp³-hybridized carbons (Fsp3) is 0.625. The third-order valence-electron chi connectivity index (χ3n) is 3.76. The molecule has 3 heteroatoms. The zero-order valence-corrected chi connectivity index (χ0v) is 13.2. The number of hydrogen-bond donors (Lipinski definition) is 0. The van der Waals surface area contributed by atoms with Crippen molar-refractivity contribution in [3.05, 3.63) is 35.9 Å². The highest BCUT2D eigenvalue weighted by Gasteiger charge is 2.35. The van der Waals surface area contributed by atoms with E-state index in [9.17, 15) is 0 Å². The molecule has 0 aromatic heterocycles. The first kappa shape index (κ1) is 15.0. The zero-order valence-electron chi connectivity index (χ0n) is 11.6. The van der Waals surface area contributed by atoms with Crippen LogP contribution in [0.1, 0.15) is 25.3 Å². The van der Waals surface area contributed by atoms with Gasteiger partial charge in [0.1, 0.15) is 0 Å². The highest BCUT2D eigenvalue weighted by atomic mass is 79.9. The van der Waals surface area contributed by atoms with E-state index in [1.165, 1.54) is 18.4 Å². The molecule has 2 unspecified atom stereocenters. The lowest BCUT2D eigenvalue weighted by Gasteiger charge is -2.28. The Hall–Kier alpha value is -0.380. The van der Waals surface area contributed by atoms with Crippen LogP contribution >= 0.6 is 15.9 Å². The van der Waals surface area contributed by atoms with E-state index in [2.05, 4.69) is 47.1 Å². The summed E-state index contributed by atoms with van der Waals surface area (Å²) in [5.41, 5.74) is 1.57. The van der Waals surface area contributed by atoms with Crippen LogP contribution in [0.3, 0.4) is 0 Å². The average Bonchev–Trinajstić information content (AvgIpc) is 2.89. The minimum Gasteiger partial charge on any atom is -0.381 e. The standard InChI is InChI=1S/C16H23BrO2/c1-14(9-16(12-17)7-8-18-13-16)10-19-11-15-5-3-2-4-6-15/h2-6,14H,7-13H2,1H3. The molecule has 1 aliphatic rings. The fourth-order valence-corrected chi connectivity index (χ4v) is 3.39. The lowest BCUT2D eigenvalue weighted by Crippen LogP contribution is -2.27. The Balaban J connectivity index is 1.71. The smallest absolute Gasteiger partial charge is 0.0717 e. The van der Waals surface area contributed by atoms with Crippen LogP contribution in [-0.4, -0.2) is 25.2 Å². The Kier molecular flexibility index (Phi) is 5.86. The second-order valence-corrected chi connectivity index (χ2v) is 6.31. The summed E-state index contributed by atoms with van der Waals surface area (Å²) < 4.78 is 11.4. The summed E-state index contributed by atoms with van der Waals surface area (Å²) >= 11 is 3.65. The molecular formula is C16H23BrO2. The summed E-state index contributed by atoms with van der Waals surface area (Å²) in [6.07, 6.45) is 2.34. The zero-order chi connectivity index (χ0) is 13.6. The summed E-state index contributed by atoms with van der Waals surface area (Å²) in [6.45, 7) is 5.60. The van der Waals surface area contributed by atoms with E-state index in [4.69, 9.17) is 9.47 Å². The first-order chi connectivity index (χ1) is 9.24. The molecule has 1 aliphatic heterocycles. The van der Waals surface area contributed by atoms with Crippen molar-refractivity contribution in [2.75, 3.05) is 25.2 Å². The molecule has 0 amide bonds. The summed E-state index contributed by atoms with van der Waals surface area (Å²) in [5.74, 6) is 0.572. The average molecular weight is 327 g/mol. The van der Waals surface area contributed by atoms with Crippen molar-refractivity contribution in [1.29, 1.82) is 0 Å². The van der Waals surface area contributed by atoms with Crippen molar-refractivity contribution in [2.45, 2.75) is 26.4 Å². The van der Waals surface area contributed by atoms with Crippen molar-refractivity contribution >= 4 is 15.9 Å². The second-order valence-electron chi connectivity index (χ2n) is 5.75. The molecule has 0 spiro atoms. The quantitative estimate of drug-likeness (QED) is 0.704. The molecule has 1 aromatic rings. The Labute approximate surface area is 124 Å². The maximum absolute atomic E-state index is 5.83. The summed E-state index contributed by atoms with van der Waals surface area (Å²) in [5, 5.41) is 1.03. The van der Waals surface area contributed by atoms with Gasteiger partial charge in [-0.25, -0.2) is 0 Å². The molecule has 0 aliphatic carbocycles. The van der Waals surface area contributed by atoms with Crippen molar-refractivity contribution in [3.63, 3.8) is 0 Å². The number of benzene rings is 1. The largest absolute Gasteiger partial charge is 0.381 e. The van der Waals surface area contributed by atoms with Gasteiger partial charge in [0.25, 0.3) is 0 Å². The van der Waals surface area contributed by atoms with E-state index in [0.717, 1.165) is 25.2 Å². The molecule has 0 saturated carbocycles. The van der Waals surface area contributed by atoms with Gasteiger partial charge in [-0.05, 0) is 24.3 Å². The van der Waals surface area contributed by atoms with Crippen molar-refractivity contribution in [3.8, 4) is 0 Å². The van der Waals surface area contributed by atoms with Gasteiger partial charge < -0.3 is 9.47 Å². The van der Waals surface area contributed by atoms with Gasteiger partial charge in [0.15, 0.2) is 0 Å². The lowest BCUT2D eigenvalue weighted by atomic mass is 9.81. The minimum atomic E-state index is 0.329. The third-order valence-corrected chi connectivity index (χ3v) is 4.95. The van der Waals surface area contributed by atoms with Crippen LogP contribution in [0.5, 0.6) is 0 Å². The monoisotopic (exact) mass is 326 g/mol. The molecule has 0 radical (unpaired) electrons. The Bertz CT molecular complexity index is 360. The summed E-state index contributed by atoms with van der Waals surface area (Å²) in [4.78, 5) is 0. The van der Waals surface area contributed by atoms with Crippen molar-refractivity contribution in [1.82, 2.24) is 0 Å². The van der Waals surface area contributed by atoms with Gasteiger partial charge in [-0.3, -0.25) is 0 Å². The highest BCUT2D eigenvalue weighted by molar-refractivity contribution is 9.09. The predicted octanol–water partition coefficient (Wildman–Crippen LogP) is 4.03. The molecule has 0 N–H and O–H groups in total. The highest BCUT2D eigenvalue weighted by Crippen LogP contribution is 2.37. The van der Waals surface area contributed by atoms with E-state index in [-0.39, 0.29) is 0 Å². The van der Waals surface area contributed by atoms with Gasteiger partial charge in [-0.15, -0.1) is 0 Å². The van der Waals surface area contributed by atoms with E-state index in [0.29, 0.717) is 17.9 Å². The molecule has 2 rings (SSSR count). The molecule has 1 fully saturated rings.